The van der Waals surface area contributed by atoms with Gasteiger partial charge in [-0.25, -0.2) is 9.67 Å². The summed E-state index contributed by atoms with van der Waals surface area (Å²) in [5, 5.41) is 7.32. The summed E-state index contributed by atoms with van der Waals surface area (Å²) in [6, 6.07) is 18.5. The summed E-state index contributed by atoms with van der Waals surface area (Å²) in [4.78, 5) is 28.7. The minimum absolute atomic E-state index is 0.0312. The van der Waals surface area contributed by atoms with E-state index >= 15 is 0 Å². The lowest BCUT2D eigenvalue weighted by Crippen LogP contribution is -2.23. The Balaban J connectivity index is 1.35. The third-order valence-electron chi connectivity index (χ3n) is 4.96. The minimum atomic E-state index is -0.188. The predicted molar refractivity (Wildman–Crippen MR) is 118 cm³/mol. The van der Waals surface area contributed by atoms with Crippen LogP contribution in [0.5, 0.6) is 0 Å². The van der Waals surface area contributed by atoms with Crippen LogP contribution in [0, 0.1) is 13.8 Å². The first-order chi connectivity index (χ1) is 15.0. The molecule has 0 saturated heterocycles. The Labute approximate surface area is 180 Å². The minimum Gasteiger partial charge on any atom is -0.348 e. The molecule has 0 spiro atoms. The van der Waals surface area contributed by atoms with Crippen LogP contribution in [-0.4, -0.2) is 25.2 Å². The second-order valence-electron chi connectivity index (χ2n) is 7.41. The Kier molecular flexibility index (Phi) is 5.75. The highest BCUT2D eigenvalue weighted by Gasteiger charge is 2.09. The van der Waals surface area contributed by atoms with E-state index in [4.69, 9.17) is 0 Å². The molecule has 7 heteroatoms. The van der Waals surface area contributed by atoms with Crippen molar-refractivity contribution in [1.29, 1.82) is 0 Å². The van der Waals surface area contributed by atoms with Gasteiger partial charge in [0.05, 0.1) is 17.8 Å². The van der Waals surface area contributed by atoms with Crippen molar-refractivity contribution in [3.8, 4) is 5.82 Å². The molecule has 0 aliphatic rings. The first-order valence-electron chi connectivity index (χ1n) is 10.0. The maximum absolute atomic E-state index is 12.5. The Morgan fingerprint density at radius 1 is 1.00 bits per heavy atom. The van der Waals surface area contributed by atoms with Crippen LogP contribution < -0.4 is 10.9 Å². The fourth-order valence-electron chi connectivity index (χ4n) is 3.34. The van der Waals surface area contributed by atoms with E-state index in [1.54, 1.807) is 45.9 Å². The number of pyridine rings is 2. The first-order valence-corrected chi connectivity index (χ1v) is 10.0. The molecular formula is C24H23N5O2. The normalized spacial score (nSPS) is 10.8. The molecule has 0 bridgehead atoms. The molecule has 31 heavy (non-hydrogen) atoms. The van der Waals surface area contributed by atoms with Gasteiger partial charge in [0.2, 0.25) is 0 Å². The molecule has 4 rings (SSSR count). The fourth-order valence-corrected chi connectivity index (χ4v) is 3.34. The van der Waals surface area contributed by atoms with Crippen LogP contribution in [-0.2, 0) is 13.1 Å². The van der Waals surface area contributed by atoms with Gasteiger partial charge < -0.3 is 9.88 Å². The zero-order chi connectivity index (χ0) is 21.8. The number of amides is 1. The van der Waals surface area contributed by atoms with Crippen molar-refractivity contribution in [2.75, 3.05) is 0 Å². The van der Waals surface area contributed by atoms with E-state index in [0.29, 0.717) is 24.5 Å². The van der Waals surface area contributed by atoms with E-state index < -0.39 is 0 Å². The molecule has 0 unspecified atom stereocenters. The van der Waals surface area contributed by atoms with E-state index in [0.717, 1.165) is 22.5 Å². The number of benzene rings is 1. The molecule has 0 fully saturated rings. The number of hydrogen-bond donors (Lipinski definition) is 1. The summed E-state index contributed by atoms with van der Waals surface area (Å²) in [5.74, 6) is 0.489. The number of rotatable bonds is 6. The van der Waals surface area contributed by atoms with Gasteiger partial charge in [0.1, 0.15) is 0 Å². The molecule has 1 amide bonds. The first kappa shape index (κ1) is 20.3. The summed E-state index contributed by atoms with van der Waals surface area (Å²) in [7, 11) is 0. The standard InChI is InChI=1S/C24H23N5O2/c1-17-13-18(2)29(27-17)22-11-10-21(15-25-22)24(31)26-14-19-6-8-20(9-7-19)16-28-12-4-3-5-23(28)30/h3-13,15H,14,16H2,1-2H3,(H,26,31). The van der Waals surface area contributed by atoms with Gasteiger partial charge in [0.15, 0.2) is 5.82 Å². The Bertz CT molecular complexity index is 1250. The van der Waals surface area contributed by atoms with Crippen molar-refractivity contribution in [2.24, 2.45) is 0 Å². The molecule has 4 aromatic rings. The summed E-state index contributed by atoms with van der Waals surface area (Å²) >= 11 is 0. The number of nitrogens with one attached hydrogen (secondary N) is 1. The van der Waals surface area contributed by atoms with Crippen molar-refractivity contribution in [3.63, 3.8) is 0 Å². The van der Waals surface area contributed by atoms with Crippen LogP contribution in [0.4, 0.5) is 0 Å². The van der Waals surface area contributed by atoms with Crippen molar-refractivity contribution < 1.29 is 4.79 Å². The van der Waals surface area contributed by atoms with E-state index in [-0.39, 0.29) is 11.5 Å². The van der Waals surface area contributed by atoms with E-state index in [2.05, 4.69) is 15.4 Å². The Morgan fingerprint density at radius 3 is 2.42 bits per heavy atom. The molecule has 1 N–H and O–H groups in total. The second-order valence-corrected chi connectivity index (χ2v) is 7.41. The number of carbonyl (C=O) groups excluding carboxylic acids is 1. The topological polar surface area (TPSA) is 81.8 Å². The quantitative estimate of drug-likeness (QED) is 0.527. The number of aromatic nitrogens is 4. The molecule has 0 aliphatic heterocycles. The van der Waals surface area contributed by atoms with Crippen LogP contribution in [0.1, 0.15) is 32.9 Å². The number of nitrogens with zero attached hydrogens (tertiary/aromatic N) is 4. The molecule has 0 atom stereocenters. The molecule has 0 saturated carbocycles. The molecule has 3 aromatic heterocycles. The molecular weight excluding hydrogens is 390 g/mol. The van der Waals surface area contributed by atoms with Crippen LogP contribution in [0.25, 0.3) is 5.82 Å². The van der Waals surface area contributed by atoms with E-state index in [1.165, 1.54) is 0 Å². The van der Waals surface area contributed by atoms with Crippen LogP contribution >= 0.6 is 0 Å². The van der Waals surface area contributed by atoms with Crippen LogP contribution in [0.2, 0.25) is 0 Å². The lowest BCUT2D eigenvalue weighted by molar-refractivity contribution is 0.0950. The summed E-state index contributed by atoms with van der Waals surface area (Å²) in [6.45, 7) is 4.81. The average molecular weight is 413 g/mol. The molecule has 1 aromatic carbocycles. The maximum Gasteiger partial charge on any atom is 0.253 e. The van der Waals surface area contributed by atoms with Crippen molar-refractivity contribution in [3.05, 3.63) is 111 Å². The zero-order valence-electron chi connectivity index (χ0n) is 17.4. The number of aryl methyl sites for hydroxylation is 2. The Hall–Kier alpha value is -4.00. The van der Waals surface area contributed by atoms with Gasteiger partial charge >= 0.3 is 0 Å². The largest absolute Gasteiger partial charge is 0.348 e. The fraction of sp³-hybridized carbons (Fsp3) is 0.167. The van der Waals surface area contributed by atoms with Crippen molar-refractivity contribution in [2.45, 2.75) is 26.9 Å². The van der Waals surface area contributed by atoms with Gasteiger partial charge in [-0.1, -0.05) is 30.3 Å². The van der Waals surface area contributed by atoms with E-state index in [1.807, 2.05) is 50.2 Å². The molecule has 0 aliphatic carbocycles. The highest BCUT2D eigenvalue weighted by atomic mass is 16.1. The van der Waals surface area contributed by atoms with Crippen LogP contribution in [0.3, 0.4) is 0 Å². The molecule has 7 nitrogen and oxygen atoms in total. The second kappa shape index (κ2) is 8.79. The van der Waals surface area contributed by atoms with E-state index in [9.17, 15) is 9.59 Å². The average Bonchev–Trinajstić information content (AvgIpc) is 3.12. The third-order valence-corrected chi connectivity index (χ3v) is 4.96. The lowest BCUT2D eigenvalue weighted by atomic mass is 10.1. The highest BCUT2D eigenvalue weighted by Crippen LogP contribution is 2.11. The molecule has 156 valence electrons. The van der Waals surface area contributed by atoms with Gasteiger partial charge in [0.25, 0.3) is 11.5 Å². The molecule has 0 radical (unpaired) electrons. The lowest BCUT2D eigenvalue weighted by Gasteiger charge is -2.09. The number of carbonyl (C=O) groups is 1. The predicted octanol–water partition coefficient (Wildman–Crippen LogP) is 3.02. The maximum atomic E-state index is 12.5. The highest BCUT2D eigenvalue weighted by molar-refractivity contribution is 5.93. The van der Waals surface area contributed by atoms with Gasteiger partial charge in [-0.3, -0.25) is 9.59 Å². The van der Waals surface area contributed by atoms with Gasteiger partial charge in [-0.05, 0) is 49.2 Å². The summed E-state index contributed by atoms with van der Waals surface area (Å²) in [5.41, 5.74) is 4.37. The van der Waals surface area contributed by atoms with Gasteiger partial charge in [-0.15, -0.1) is 0 Å². The SMILES string of the molecule is Cc1cc(C)n(-c2ccc(C(=O)NCc3ccc(Cn4ccccc4=O)cc3)cn2)n1. The summed E-state index contributed by atoms with van der Waals surface area (Å²) in [6.07, 6.45) is 3.33. The van der Waals surface area contributed by atoms with Crippen molar-refractivity contribution >= 4 is 5.91 Å². The van der Waals surface area contributed by atoms with Crippen LogP contribution in [0.15, 0.2) is 77.9 Å². The summed E-state index contributed by atoms with van der Waals surface area (Å²) < 4.78 is 3.40. The smallest absolute Gasteiger partial charge is 0.253 e. The van der Waals surface area contributed by atoms with Gasteiger partial charge in [-0.2, -0.15) is 5.10 Å². The zero-order valence-corrected chi connectivity index (χ0v) is 17.4. The number of hydrogen-bond acceptors (Lipinski definition) is 4. The monoisotopic (exact) mass is 413 g/mol. The Morgan fingerprint density at radius 2 is 1.77 bits per heavy atom. The van der Waals surface area contributed by atoms with Crippen molar-refractivity contribution in [1.82, 2.24) is 24.6 Å². The third kappa shape index (κ3) is 4.78. The van der Waals surface area contributed by atoms with Gasteiger partial charge in [0, 0.05) is 30.7 Å². The molecule has 3 heterocycles.